The quantitative estimate of drug-likeness (QED) is 0.0142. The molecular weight excluding hydrogens is 1790 g/mol. The number of aromatic nitrogens is 8. The van der Waals surface area contributed by atoms with Gasteiger partial charge in [-0.15, -0.1) is 0 Å². The molecule has 36 nitrogen and oxygen atoms in total. The van der Waals surface area contributed by atoms with Crippen LogP contribution in [-0.2, 0) is 66.8 Å². The second kappa shape index (κ2) is 47.4. The molecule has 14 rings (SSSR count). The van der Waals surface area contributed by atoms with Crippen LogP contribution in [0.2, 0.25) is 0 Å². The highest BCUT2D eigenvalue weighted by molar-refractivity contribution is 6.43. The summed E-state index contributed by atoms with van der Waals surface area (Å²) in [5.41, 5.74) is 36.2. The lowest BCUT2D eigenvalue weighted by Crippen LogP contribution is -2.39. The van der Waals surface area contributed by atoms with Crippen molar-refractivity contribution in [2.24, 2.45) is 0 Å². The van der Waals surface area contributed by atoms with E-state index >= 15 is 0 Å². The van der Waals surface area contributed by atoms with Gasteiger partial charge in [0.1, 0.15) is 0 Å². The minimum Gasteiger partial charge on any atom is -0.462 e. The van der Waals surface area contributed by atoms with Gasteiger partial charge in [0.15, 0.2) is 0 Å². The van der Waals surface area contributed by atoms with Gasteiger partial charge in [-0.2, -0.15) is 0 Å². The Morgan fingerprint density at radius 3 is 0.500 bits per heavy atom. The molecule has 6 aromatic carbocycles. The molecule has 724 valence electrons. The zero-order chi connectivity index (χ0) is 101. The van der Waals surface area contributed by atoms with E-state index in [0.717, 1.165) is 45.0 Å². The first kappa shape index (κ1) is 103. The Morgan fingerprint density at radius 2 is 0.329 bits per heavy atom. The number of hydrogen-bond acceptors (Lipinski definition) is 20. The summed E-state index contributed by atoms with van der Waals surface area (Å²) in [5, 5.41) is 0. The molecule has 0 aliphatic carbocycles. The average molecular weight is 1900 g/mol. The van der Waals surface area contributed by atoms with E-state index in [1.807, 2.05) is 206 Å². The van der Waals surface area contributed by atoms with Crippen molar-refractivity contribution in [3.63, 3.8) is 0 Å². The van der Waals surface area contributed by atoms with Crippen LogP contribution in [0.15, 0.2) is 243 Å². The second-order valence-corrected chi connectivity index (χ2v) is 31.1. The van der Waals surface area contributed by atoms with E-state index < -0.39 is 83.1 Å². The van der Waals surface area contributed by atoms with Crippen LogP contribution in [0.3, 0.4) is 0 Å². The van der Waals surface area contributed by atoms with Gasteiger partial charge >= 0.3 is 83.1 Å². The minimum absolute atomic E-state index is 0.187. The first-order valence-electron chi connectivity index (χ1n) is 44.7. The molecule has 36 heteroatoms. The number of aryl methyl sites for hydroxylation is 4. The van der Waals surface area contributed by atoms with Crippen LogP contribution in [-0.4, -0.2) is 160 Å². The predicted molar refractivity (Wildman–Crippen MR) is 526 cm³/mol. The van der Waals surface area contributed by atoms with Gasteiger partial charge in [0.05, 0.1) is 141 Å². The van der Waals surface area contributed by atoms with Gasteiger partial charge < -0.3 is 28.4 Å². The summed E-state index contributed by atoms with van der Waals surface area (Å²) in [5.74, 6) is -10.5. The molecule has 0 fully saturated rings. The van der Waals surface area contributed by atoms with Gasteiger partial charge in [-0.25, -0.2) is 28.8 Å². The molecule has 0 saturated heterocycles. The lowest BCUT2D eigenvalue weighted by molar-refractivity contribution is -0.134. The minimum atomic E-state index is -0.990. The molecule has 14 aromatic rings. The van der Waals surface area contributed by atoms with Gasteiger partial charge in [0.2, 0.25) is 0 Å². The highest BCUT2D eigenvalue weighted by atomic mass is 16.6. The van der Waals surface area contributed by atoms with Gasteiger partial charge in [-0.05, 0) is 171 Å². The third kappa shape index (κ3) is 24.1. The monoisotopic (exact) mass is 1900 g/mol. The lowest BCUT2D eigenvalue weighted by Gasteiger charge is -2.17. The van der Waals surface area contributed by atoms with E-state index in [0.29, 0.717) is 102 Å². The van der Waals surface area contributed by atoms with Crippen molar-refractivity contribution in [3.8, 4) is 67.5 Å². The number of rotatable bonds is 26. The topological polar surface area (TPSA) is 430 Å². The van der Waals surface area contributed by atoms with Crippen LogP contribution in [0.4, 0.5) is 0 Å². The van der Waals surface area contributed by atoms with Gasteiger partial charge in [-0.3, -0.25) is 119 Å². The summed E-state index contributed by atoms with van der Waals surface area (Å²) in [6.45, 7) is 28.0. The third-order valence-electron chi connectivity index (χ3n) is 21.9. The lowest BCUT2D eigenvalue weighted by atomic mass is 10.1. The fourth-order valence-electron chi connectivity index (χ4n) is 15.0. The third-order valence-corrected chi connectivity index (χ3v) is 21.9. The Bertz CT molecular complexity index is 6250. The molecule has 0 radical (unpaired) electrons. The molecule has 8 N–H and O–H groups in total. The van der Waals surface area contributed by atoms with Crippen molar-refractivity contribution in [2.45, 2.75) is 111 Å². The van der Waals surface area contributed by atoms with Crippen LogP contribution in [0.5, 0.6) is 0 Å². The van der Waals surface area contributed by atoms with Crippen LogP contribution in [0, 0.1) is 69.2 Å². The SMILES string of the molecule is CCOC(=O)c1cc(-c2ccccc2)n(NC(=O)C(=O)Nn2c(-c3ccccc3)cc(C(=O)OCC)c2C)c1C.CCOC(=O)c1cc(C)n(NC(=O)C(=O)Nn2c(C)cc(C(=O)OCC)c2C)c1C.CCOC(=O)c1cc(C)n(NC(=O)C(=O)Nn2c(C)cc(C(=O)OCC)c2C)c1C.O=C(Nn1c(-c2ccccc2)ccc1-c1ccccc1)C(=O)Nn1c(-c2ccccc2)ccc1-c1ccccc1. The molecule has 0 unspecified atom stereocenters. The maximum absolute atomic E-state index is 13.4. The summed E-state index contributed by atoms with van der Waals surface area (Å²) in [6, 6.07) is 74.4. The number of nitrogens with zero attached hydrogens (tertiary/aromatic N) is 8. The number of hydrogen-bond donors (Lipinski definition) is 8. The molecule has 0 atom stereocenters. The summed E-state index contributed by atoms with van der Waals surface area (Å²) in [4.78, 5) is 176. The van der Waals surface area contributed by atoms with Crippen molar-refractivity contribution in [1.29, 1.82) is 0 Å². The molecule has 0 spiro atoms. The number of nitrogens with one attached hydrogen (secondary N) is 8. The van der Waals surface area contributed by atoms with Gasteiger partial charge in [0.25, 0.3) is 0 Å². The van der Waals surface area contributed by atoms with Crippen LogP contribution in [0.25, 0.3) is 67.5 Å². The standard InChI is InChI=1S/C34H26N4O2.C30H30N4O6.2C20H26N4O6/c39-33(35-37-29(25-13-5-1-6-14-25)21-22-30(37)26-15-7-2-8-16-26)34(40)36-38-31(27-17-9-3-10-18-27)23-24-32(38)28-19-11-4-12-20-28;1-5-39-29(37)23-17-25(21-13-9-7-10-14-21)33(19(23)3)31-27(35)28(36)32-34-20(4)24(30(38)40-6-2)18-26(34)22-15-11-8-12-16-22;2*1-7-29-19(27)15-9-11(3)23(13(15)5)21-17(25)18(26)22-24-12(4)10-16(14(24)6)20(28)30-8-2/h1-24H,(H,35,39)(H,36,40);7-18H,5-6H2,1-4H3,(H,31,35)(H,32,36);2*9-10H,7-8H2,1-6H3,(H,21,25)(H,22,26). The summed E-state index contributed by atoms with van der Waals surface area (Å²) < 4.78 is 41.7. The van der Waals surface area contributed by atoms with Crippen molar-refractivity contribution >= 4 is 83.1 Å². The normalized spacial score (nSPS) is 10.6. The second-order valence-electron chi connectivity index (χ2n) is 31.1. The number of esters is 6. The number of carbonyl (C=O) groups excluding carboxylic acids is 14. The average Bonchev–Trinajstić information content (AvgIpc) is 1.64. The van der Waals surface area contributed by atoms with E-state index in [2.05, 4.69) is 43.4 Å². The van der Waals surface area contributed by atoms with Crippen molar-refractivity contribution in [1.82, 2.24) is 37.4 Å². The summed E-state index contributed by atoms with van der Waals surface area (Å²) >= 11 is 0. The Kier molecular flexibility index (Phi) is 34.7. The van der Waals surface area contributed by atoms with E-state index in [9.17, 15) is 67.1 Å². The largest absolute Gasteiger partial charge is 0.462 e. The van der Waals surface area contributed by atoms with E-state index in [1.165, 1.54) is 28.1 Å². The number of benzene rings is 6. The number of amides is 8. The van der Waals surface area contributed by atoms with Crippen LogP contribution in [0.1, 0.15) is 161 Å². The smallest absolute Gasteiger partial charge is 0.340 e. The molecule has 0 saturated carbocycles. The van der Waals surface area contributed by atoms with Crippen LogP contribution >= 0.6 is 0 Å². The Labute approximate surface area is 806 Å². The first-order chi connectivity index (χ1) is 67.2. The zero-order valence-corrected chi connectivity index (χ0v) is 80.1. The Morgan fingerprint density at radius 1 is 0.186 bits per heavy atom. The van der Waals surface area contributed by atoms with E-state index in [4.69, 9.17) is 28.4 Å². The molecular formula is C104H108N16O20. The fraction of sp³-hybridized carbons (Fsp3) is 0.212. The molecule has 8 heterocycles. The summed E-state index contributed by atoms with van der Waals surface area (Å²) in [7, 11) is 0. The van der Waals surface area contributed by atoms with E-state index in [-0.39, 0.29) is 50.8 Å². The molecule has 8 aromatic heterocycles. The van der Waals surface area contributed by atoms with Crippen molar-refractivity contribution in [2.75, 3.05) is 83.0 Å². The number of ether oxygens (including phenoxy) is 6. The molecule has 0 aliphatic rings. The first-order valence-corrected chi connectivity index (χ1v) is 44.7. The molecule has 140 heavy (non-hydrogen) atoms. The van der Waals surface area contributed by atoms with Crippen molar-refractivity contribution < 1.29 is 95.5 Å². The molecule has 0 bridgehead atoms. The van der Waals surface area contributed by atoms with Gasteiger partial charge in [-0.1, -0.05) is 182 Å². The fourth-order valence-corrected chi connectivity index (χ4v) is 15.0. The maximum Gasteiger partial charge on any atom is 0.340 e. The maximum atomic E-state index is 13.4. The highest BCUT2D eigenvalue weighted by Gasteiger charge is 2.31. The van der Waals surface area contributed by atoms with Crippen LogP contribution < -0.4 is 43.4 Å². The molecule has 8 amide bonds. The van der Waals surface area contributed by atoms with Gasteiger partial charge in [0, 0.05) is 56.2 Å². The molecule has 0 aliphatic heterocycles. The highest BCUT2D eigenvalue weighted by Crippen LogP contribution is 2.33. The Hall–Kier alpha value is -17.9. The Balaban J connectivity index is 0.000000180. The van der Waals surface area contributed by atoms with E-state index in [1.54, 1.807) is 157 Å². The van der Waals surface area contributed by atoms with Crippen molar-refractivity contribution in [3.05, 3.63) is 333 Å². The number of carbonyl (C=O) groups is 14. The zero-order valence-electron chi connectivity index (χ0n) is 80.1. The predicted octanol–water partition coefficient (Wildman–Crippen LogP) is 14.7. The summed E-state index contributed by atoms with van der Waals surface area (Å²) in [6.07, 6.45) is 0.